The van der Waals surface area contributed by atoms with E-state index in [-0.39, 0.29) is 11.4 Å². The van der Waals surface area contributed by atoms with Crippen molar-refractivity contribution in [2.45, 2.75) is 17.8 Å². The van der Waals surface area contributed by atoms with Gasteiger partial charge in [0.15, 0.2) is 5.16 Å². The number of nitrogens with zero attached hydrogens (tertiary/aromatic N) is 3. The second-order valence-electron chi connectivity index (χ2n) is 6.49. The molecule has 7 heteroatoms. The average Bonchev–Trinajstić information content (AvgIpc) is 2.72. The fourth-order valence-corrected chi connectivity index (χ4v) is 4.03. The van der Waals surface area contributed by atoms with E-state index in [1.807, 2.05) is 31.2 Å². The molecule has 29 heavy (non-hydrogen) atoms. The summed E-state index contributed by atoms with van der Waals surface area (Å²) in [5.74, 6) is 1.13. The number of para-hydroxylation sites is 1. The molecule has 4 rings (SSSR count). The number of methoxy groups -OCH3 is 1. The van der Waals surface area contributed by atoms with Gasteiger partial charge in [-0.1, -0.05) is 23.9 Å². The van der Waals surface area contributed by atoms with Crippen molar-refractivity contribution in [3.05, 3.63) is 88.1 Å². The van der Waals surface area contributed by atoms with Gasteiger partial charge in [-0.2, -0.15) is 0 Å². The largest absolute Gasteiger partial charge is 0.496 e. The van der Waals surface area contributed by atoms with Gasteiger partial charge in [0.1, 0.15) is 17.4 Å². The van der Waals surface area contributed by atoms with E-state index in [4.69, 9.17) is 4.74 Å². The van der Waals surface area contributed by atoms with Gasteiger partial charge < -0.3 is 4.74 Å². The number of aromatic nitrogens is 3. The average molecular weight is 407 g/mol. The Morgan fingerprint density at radius 2 is 1.97 bits per heavy atom. The van der Waals surface area contributed by atoms with Crippen molar-refractivity contribution >= 4 is 22.7 Å². The predicted molar refractivity (Wildman–Crippen MR) is 112 cm³/mol. The molecule has 0 bridgehead atoms. The first kappa shape index (κ1) is 19.1. The normalized spacial score (nSPS) is 11.0. The van der Waals surface area contributed by atoms with Crippen molar-refractivity contribution < 1.29 is 9.13 Å². The fourth-order valence-electron chi connectivity index (χ4n) is 3.06. The molecule has 2 aromatic heterocycles. The molecule has 0 saturated carbocycles. The number of thioether (sulfide) groups is 1. The second kappa shape index (κ2) is 8.05. The van der Waals surface area contributed by atoms with Crippen LogP contribution in [-0.2, 0) is 5.75 Å². The number of pyridine rings is 1. The number of hydrogen-bond acceptors (Lipinski definition) is 5. The van der Waals surface area contributed by atoms with Crippen LogP contribution in [0.15, 0.2) is 70.7 Å². The maximum atomic E-state index is 13.7. The van der Waals surface area contributed by atoms with Gasteiger partial charge in [0.05, 0.1) is 18.0 Å². The molecule has 2 heterocycles. The number of benzene rings is 2. The first-order valence-corrected chi connectivity index (χ1v) is 9.95. The molecule has 0 spiro atoms. The Morgan fingerprint density at radius 1 is 1.14 bits per heavy atom. The van der Waals surface area contributed by atoms with Crippen LogP contribution in [0.4, 0.5) is 4.39 Å². The lowest BCUT2D eigenvalue weighted by Crippen LogP contribution is -2.22. The van der Waals surface area contributed by atoms with Gasteiger partial charge in [-0.25, -0.2) is 18.9 Å². The number of fused-ring (bicyclic) bond motifs is 1. The Balaban J connectivity index is 1.84. The Kier molecular flexibility index (Phi) is 5.31. The number of halogens is 1. The number of rotatable bonds is 5. The summed E-state index contributed by atoms with van der Waals surface area (Å²) in [6, 6.07) is 15.3. The van der Waals surface area contributed by atoms with Crippen molar-refractivity contribution in [1.82, 2.24) is 14.5 Å². The van der Waals surface area contributed by atoms with E-state index in [1.54, 1.807) is 31.5 Å². The zero-order chi connectivity index (χ0) is 20.4. The maximum absolute atomic E-state index is 13.7. The highest BCUT2D eigenvalue weighted by molar-refractivity contribution is 7.98. The summed E-state index contributed by atoms with van der Waals surface area (Å²) >= 11 is 1.33. The predicted octanol–water partition coefficient (Wildman–Crippen LogP) is 4.53. The Hall–Kier alpha value is -3.19. The summed E-state index contributed by atoms with van der Waals surface area (Å²) in [4.78, 5) is 22.3. The van der Waals surface area contributed by atoms with Crippen LogP contribution in [0.3, 0.4) is 0 Å². The zero-order valence-corrected chi connectivity index (χ0v) is 16.7. The van der Waals surface area contributed by atoms with Gasteiger partial charge in [0, 0.05) is 17.5 Å². The minimum absolute atomic E-state index is 0.192. The second-order valence-corrected chi connectivity index (χ2v) is 7.43. The molecule has 0 radical (unpaired) electrons. The molecule has 0 fully saturated rings. The molecule has 0 N–H and O–H groups in total. The van der Waals surface area contributed by atoms with Crippen LogP contribution in [0.1, 0.15) is 11.1 Å². The highest BCUT2D eigenvalue weighted by atomic mass is 32.2. The molecule has 0 unspecified atom stereocenters. The first-order valence-electron chi connectivity index (χ1n) is 8.97. The van der Waals surface area contributed by atoms with Crippen LogP contribution in [0.25, 0.3) is 16.7 Å². The lowest BCUT2D eigenvalue weighted by molar-refractivity contribution is 0.410. The third-order valence-electron chi connectivity index (χ3n) is 4.47. The third kappa shape index (κ3) is 3.86. The van der Waals surface area contributed by atoms with E-state index in [0.717, 1.165) is 5.56 Å². The number of hydrogen-bond donors (Lipinski definition) is 0. The molecule has 4 aromatic rings. The van der Waals surface area contributed by atoms with Crippen LogP contribution in [0.2, 0.25) is 0 Å². The third-order valence-corrected chi connectivity index (χ3v) is 5.46. The van der Waals surface area contributed by atoms with Crippen LogP contribution in [0.5, 0.6) is 5.75 Å². The minimum atomic E-state index is -0.342. The van der Waals surface area contributed by atoms with Gasteiger partial charge in [0.2, 0.25) is 0 Å². The highest BCUT2D eigenvalue weighted by Gasteiger charge is 2.15. The molecular formula is C22H18FN3O2S. The monoisotopic (exact) mass is 407 g/mol. The van der Waals surface area contributed by atoms with Crippen molar-refractivity contribution in [2.24, 2.45) is 0 Å². The summed E-state index contributed by atoms with van der Waals surface area (Å²) in [7, 11) is 1.54. The topological polar surface area (TPSA) is 57.0 Å². The summed E-state index contributed by atoms with van der Waals surface area (Å²) in [6.45, 7) is 1.94. The molecule has 2 aromatic carbocycles. The van der Waals surface area contributed by atoms with E-state index in [2.05, 4.69) is 9.97 Å². The fraction of sp³-hybridized carbons (Fsp3) is 0.136. The Labute approximate surface area is 171 Å². The molecule has 0 aliphatic rings. The molecule has 0 aliphatic heterocycles. The van der Waals surface area contributed by atoms with Crippen LogP contribution >= 0.6 is 11.8 Å². The van der Waals surface area contributed by atoms with Gasteiger partial charge in [-0.15, -0.1) is 0 Å². The van der Waals surface area contributed by atoms with Crippen molar-refractivity contribution in [1.29, 1.82) is 0 Å². The molecule has 146 valence electrons. The summed E-state index contributed by atoms with van der Waals surface area (Å²) in [6.07, 6.45) is 1.66. The minimum Gasteiger partial charge on any atom is -0.496 e. The molecule has 5 nitrogen and oxygen atoms in total. The van der Waals surface area contributed by atoms with Crippen molar-refractivity contribution in [3.8, 4) is 11.6 Å². The quantitative estimate of drug-likeness (QED) is 0.359. The smallest absolute Gasteiger partial charge is 0.267 e. The van der Waals surface area contributed by atoms with Gasteiger partial charge in [-0.3, -0.25) is 4.79 Å². The SMILES string of the molecule is COc1ccc(F)cc1CSc1nc2ccccc2c(=O)n1-c1cc(C)ccn1. The van der Waals surface area contributed by atoms with Crippen LogP contribution in [-0.4, -0.2) is 21.6 Å². The van der Waals surface area contributed by atoms with E-state index >= 15 is 0 Å². The van der Waals surface area contributed by atoms with E-state index in [0.29, 0.717) is 38.9 Å². The zero-order valence-electron chi connectivity index (χ0n) is 15.9. The highest BCUT2D eigenvalue weighted by Crippen LogP contribution is 2.29. The summed E-state index contributed by atoms with van der Waals surface area (Å²) < 4.78 is 20.6. The Bertz CT molecular complexity index is 1260. The van der Waals surface area contributed by atoms with Crippen LogP contribution < -0.4 is 10.3 Å². The van der Waals surface area contributed by atoms with Gasteiger partial charge in [0.25, 0.3) is 5.56 Å². The molecule has 0 atom stereocenters. The summed E-state index contributed by atoms with van der Waals surface area (Å²) in [5, 5.41) is 1.00. The van der Waals surface area contributed by atoms with E-state index in [9.17, 15) is 9.18 Å². The molecule has 0 aliphatic carbocycles. The van der Waals surface area contributed by atoms with E-state index < -0.39 is 0 Å². The number of ether oxygens (including phenoxy) is 1. The molecular weight excluding hydrogens is 389 g/mol. The first-order chi connectivity index (χ1) is 14.1. The van der Waals surface area contributed by atoms with Crippen molar-refractivity contribution in [3.63, 3.8) is 0 Å². The summed E-state index contributed by atoms with van der Waals surface area (Å²) in [5.41, 5.74) is 2.08. The van der Waals surface area contributed by atoms with Crippen LogP contribution in [0, 0.1) is 12.7 Å². The lowest BCUT2D eigenvalue weighted by Gasteiger charge is -2.14. The van der Waals surface area contributed by atoms with Gasteiger partial charge in [-0.05, 0) is 55.0 Å². The Morgan fingerprint density at radius 3 is 2.76 bits per heavy atom. The molecule has 0 amide bonds. The standard InChI is InChI=1S/C22H18FN3O2S/c1-14-9-10-24-20(11-14)26-21(27)17-5-3-4-6-18(17)25-22(26)29-13-15-12-16(23)7-8-19(15)28-2/h3-12H,13H2,1-2H3. The van der Waals surface area contributed by atoms with Crippen molar-refractivity contribution in [2.75, 3.05) is 7.11 Å². The lowest BCUT2D eigenvalue weighted by atomic mass is 10.2. The van der Waals surface area contributed by atoms with E-state index in [1.165, 1.54) is 28.5 Å². The number of aryl methyl sites for hydroxylation is 1. The molecule has 0 saturated heterocycles. The van der Waals surface area contributed by atoms with Gasteiger partial charge >= 0.3 is 0 Å². The maximum Gasteiger partial charge on any atom is 0.267 e.